The fourth-order valence-electron chi connectivity index (χ4n) is 2.45. The third-order valence-corrected chi connectivity index (χ3v) is 3.36. The Labute approximate surface area is 125 Å². The van der Waals surface area contributed by atoms with Crippen LogP contribution in [0.15, 0.2) is 23.0 Å². The normalized spacial score (nSPS) is 10.5. The Bertz CT molecular complexity index is 838. The summed E-state index contributed by atoms with van der Waals surface area (Å²) in [6.07, 6.45) is 0. The quantitative estimate of drug-likeness (QED) is 0.480. The van der Waals surface area contributed by atoms with Crippen molar-refractivity contribution in [3.05, 3.63) is 49.8 Å². The molecule has 0 saturated carbocycles. The number of ether oxygens (including phenoxy) is 1. The maximum Gasteiger partial charge on any atom is 0.343 e. The predicted octanol–water partition coefficient (Wildman–Crippen LogP) is 1.20. The van der Waals surface area contributed by atoms with Crippen molar-refractivity contribution in [1.82, 2.24) is 4.68 Å². The lowest BCUT2D eigenvalue weighted by molar-refractivity contribution is -0.384. The van der Waals surface area contributed by atoms with E-state index in [2.05, 4.69) is 4.74 Å². The van der Waals surface area contributed by atoms with Gasteiger partial charge in [-0.2, -0.15) is 0 Å². The first-order valence-corrected chi connectivity index (χ1v) is 6.39. The molecule has 0 atom stereocenters. The summed E-state index contributed by atoms with van der Waals surface area (Å²) in [6.45, 7) is 1.62. The maximum atomic E-state index is 12.5. The summed E-state index contributed by atoms with van der Waals surface area (Å²) in [5.41, 5.74) is -0.0473. The average Bonchev–Trinajstić information content (AvgIpc) is 2.46. The van der Waals surface area contributed by atoms with Gasteiger partial charge in [0.05, 0.1) is 28.6 Å². The third kappa shape index (κ3) is 2.28. The summed E-state index contributed by atoms with van der Waals surface area (Å²) < 4.78 is 6.29. The number of carbonyl (C=O) groups is 1. The number of benzene rings is 1. The molecule has 22 heavy (non-hydrogen) atoms. The lowest BCUT2D eigenvalue weighted by atomic mass is 10.1. The van der Waals surface area contributed by atoms with Crippen LogP contribution in [0, 0.1) is 17.0 Å². The second-order valence-corrected chi connectivity index (χ2v) is 4.90. The van der Waals surface area contributed by atoms with E-state index in [0.29, 0.717) is 11.2 Å². The minimum Gasteiger partial charge on any atom is -0.465 e. The second kappa shape index (κ2) is 5.47. The highest BCUT2D eigenvalue weighted by Crippen LogP contribution is 2.21. The topological polar surface area (TPSA) is 94.7 Å². The molecule has 0 aliphatic rings. The van der Waals surface area contributed by atoms with Gasteiger partial charge in [-0.05, 0) is 13.0 Å². The van der Waals surface area contributed by atoms with Crippen LogP contribution in [-0.4, -0.2) is 36.8 Å². The molecule has 1 aromatic heterocycles. The number of carbonyl (C=O) groups excluding carboxylic acids is 1. The van der Waals surface area contributed by atoms with Crippen LogP contribution in [0.1, 0.15) is 16.1 Å². The SMILES string of the molecule is COC(=O)c1c(C)n(N(C)C)c2ccc([N+](=O)[O-])cc2c1=O. The number of aromatic nitrogens is 1. The minimum absolute atomic E-state index is 0.0916. The number of hydrogen-bond acceptors (Lipinski definition) is 6. The summed E-state index contributed by atoms with van der Waals surface area (Å²) >= 11 is 0. The van der Waals surface area contributed by atoms with E-state index >= 15 is 0 Å². The monoisotopic (exact) mass is 305 g/mol. The van der Waals surface area contributed by atoms with E-state index in [-0.39, 0.29) is 16.6 Å². The van der Waals surface area contributed by atoms with E-state index in [1.807, 2.05) is 0 Å². The Balaban J connectivity index is 3.01. The first kappa shape index (κ1) is 15.5. The second-order valence-electron chi connectivity index (χ2n) is 4.90. The summed E-state index contributed by atoms with van der Waals surface area (Å²) in [5.74, 6) is -0.772. The lowest BCUT2D eigenvalue weighted by Crippen LogP contribution is -2.33. The number of fused-ring (bicyclic) bond motifs is 1. The Kier molecular flexibility index (Phi) is 3.85. The standard InChI is InChI=1S/C14H15N3O5/c1-8-12(14(19)22-4)13(18)10-7-9(17(20)21)5-6-11(10)16(8)15(2)3/h5-7H,1-4H3. The molecule has 0 amide bonds. The van der Waals surface area contributed by atoms with Gasteiger partial charge in [-0.15, -0.1) is 0 Å². The fraction of sp³-hybridized carbons (Fsp3) is 0.286. The molecule has 0 fully saturated rings. The molecule has 0 aliphatic heterocycles. The first-order chi connectivity index (χ1) is 10.3. The number of hydrogen-bond donors (Lipinski definition) is 0. The zero-order valence-corrected chi connectivity index (χ0v) is 12.6. The smallest absolute Gasteiger partial charge is 0.343 e. The van der Waals surface area contributed by atoms with Gasteiger partial charge in [0.15, 0.2) is 0 Å². The van der Waals surface area contributed by atoms with Crippen LogP contribution in [-0.2, 0) is 4.74 Å². The number of nitro benzene ring substituents is 1. The fourth-order valence-corrected chi connectivity index (χ4v) is 2.45. The Hall–Kier alpha value is -2.90. The van der Waals surface area contributed by atoms with Gasteiger partial charge < -0.3 is 9.75 Å². The van der Waals surface area contributed by atoms with E-state index in [1.165, 1.54) is 25.3 Å². The average molecular weight is 305 g/mol. The van der Waals surface area contributed by atoms with E-state index in [1.54, 1.807) is 30.7 Å². The van der Waals surface area contributed by atoms with Crippen molar-refractivity contribution in [2.24, 2.45) is 0 Å². The molecule has 0 N–H and O–H groups in total. The first-order valence-electron chi connectivity index (χ1n) is 6.39. The van der Waals surface area contributed by atoms with Crippen molar-refractivity contribution in [2.75, 3.05) is 26.2 Å². The van der Waals surface area contributed by atoms with Crippen molar-refractivity contribution in [3.8, 4) is 0 Å². The van der Waals surface area contributed by atoms with Crippen LogP contribution in [0.3, 0.4) is 0 Å². The van der Waals surface area contributed by atoms with Gasteiger partial charge in [-0.1, -0.05) is 0 Å². The number of nitrogens with zero attached hydrogens (tertiary/aromatic N) is 3. The molecule has 116 valence electrons. The third-order valence-electron chi connectivity index (χ3n) is 3.36. The zero-order chi connectivity index (χ0) is 16.6. The van der Waals surface area contributed by atoms with Crippen LogP contribution in [0.5, 0.6) is 0 Å². The number of rotatable bonds is 3. The predicted molar refractivity (Wildman–Crippen MR) is 81.0 cm³/mol. The van der Waals surface area contributed by atoms with Gasteiger partial charge in [-0.3, -0.25) is 19.6 Å². The van der Waals surface area contributed by atoms with Gasteiger partial charge in [0.1, 0.15) is 5.56 Å². The molecule has 1 aromatic carbocycles. The molecular formula is C14H15N3O5. The molecule has 0 bridgehead atoms. The zero-order valence-electron chi connectivity index (χ0n) is 12.6. The van der Waals surface area contributed by atoms with Crippen molar-refractivity contribution >= 4 is 22.6 Å². The largest absolute Gasteiger partial charge is 0.465 e. The highest BCUT2D eigenvalue weighted by Gasteiger charge is 2.22. The molecule has 2 rings (SSSR count). The molecular weight excluding hydrogens is 290 g/mol. The lowest BCUT2D eigenvalue weighted by Gasteiger charge is -2.24. The van der Waals surface area contributed by atoms with Gasteiger partial charge in [-0.25, -0.2) is 4.79 Å². The Morgan fingerprint density at radius 3 is 2.50 bits per heavy atom. The highest BCUT2D eigenvalue weighted by atomic mass is 16.6. The summed E-state index contributed by atoms with van der Waals surface area (Å²) in [4.78, 5) is 34.8. The molecule has 0 unspecified atom stereocenters. The molecule has 0 radical (unpaired) electrons. The van der Waals surface area contributed by atoms with Gasteiger partial charge >= 0.3 is 5.97 Å². The van der Waals surface area contributed by atoms with Crippen molar-refractivity contribution in [1.29, 1.82) is 0 Å². The Morgan fingerprint density at radius 1 is 1.36 bits per heavy atom. The van der Waals surface area contributed by atoms with E-state index in [9.17, 15) is 19.7 Å². The van der Waals surface area contributed by atoms with Crippen LogP contribution in [0.4, 0.5) is 5.69 Å². The molecule has 8 nitrogen and oxygen atoms in total. The number of esters is 1. The molecule has 2 aromatic rings. The molecule has 1 heterocycles. The van der Waals surface area contributed by atoms with E-state index in [4.69, 9.17) is 0 Å². The maximum absolute atomic E-state index is 12.5. The van der Waals surface area contributed by atoms with Crippen LogP contribution in [0.25, 0.3) is 10.9 Å². The minimum atomic E-state index is -0.772. The van der Waals surface area contributed by atoms with E-state index in [0.717, 1.165) is 0 Å². The highest BCUT2D eigenvalue weighted by molar-refractivity contribution is 5.95. The number of non-ortho nitro benzene ring substituents is 1. The summed E-state index contributed by atoms with van der Waals surface area (Å²) in [7, 11) is 4.65. The van der Waals surface area contributed by atoms with Crippen molar-refractivity contribution in [2.45, 2.75) is 6.92 Å². The molecule has 0 saturated heterocycles. The molecule has 8 heteroatoms. The number of methoxy groups -OCH3 is 1. The van der Waals surface area contributed by atoms with Gasteiger partial charge in [0.2, 0.25) is 5.43 Å². The molecule has 0 aliphatic carbocycles. The summed E-state index contributed by atoms with van der Waals surface area (Å²) in [5, 5.41) is 12.7. The summed E-state index contributed by atoms with van der Waals surface area (Å²) in [6, 6.07) is 3.98. The molecule has 0 spiro atoms. The Morgan fingerprint density at radius 2 is 2.00 bits per heavy atom. The number of pyridine rings is 1. The van der Waals surface area contributed by atoms with E-state index < -0.39 is 16.3 Å². The van der Waals surface area contributed by atoms with Gasteiger partial charge in [0.25, 0.3) is 5.69 Å². The van der Waals surface area contributed by atoms with Crippen LogP contribution < -0.4 is 10.4 Å². The van der Waals surface area contributed by atoms with Gasteiger partial charge in [0, 0.05) is 26.2 Å². The number of nitro groups is 1. The van der Waals surface area contributed by atoms with Crippen LogP contribution >= 0.6 is 0 Å². The van der Waals surface area contributed by atoms with Crippen molar-refractivity contribution < 1.29 is 14.5 Å². The van der Waals surface area contributed by atoms with Crippen molar-refractivity contribution in [3.63, 3.8) is 0 Å². The van der Waals surface area contributed by atoms with Crippen LogP contribution in [0.2, 0.25) is 0 Å².